The summed E-state index contributed by atoms with van der Waals surface area (Å²) in [6.45, 7) is 3.38. The average molecular weight is 378 g/mol. The molecule has 6 nitrogen and oxygen atoms in total. The van der Waals surface area contributed by atoms with Crippen molar-refractivity contribution in [3.8, 4) is 5.75 Å². The largest absolute Gasteiger partial charge is 0.508 e. The predicted molar refractivity (Wildman–Crippen MR) is 109 cm³/mol. The van der Waals surface area contributed by atoms with Crippen molar-refractivity contribution in [2.45, 2.75) is 38.4 Å². The number of piperidine rings is 1. The average Bonchev–Trinajstić information content (AvgIpc) is 3.11. The molecule has 0 atom stereocenters. The molecule has 0 aliphatic carbocycles. The van der Waals surface area contributed by atoms with Gasteiger partial charge in [-0.2, -0.15) is 0 Å². The van der Waals surface area contributed by atoms with Crippen LogP contribution in [-0.4, -0.2) is 44.6 Å². The number of para-hydroxylation sites is 2. The van der Waals surface area contributed by atoms with Crippen molar-refractivity contribution >= 4 is 16.9 Å². The quantitative estimate of drug-likeness (QED) is 0.692. The van der Waals surface area contributed by atoms with Gasteiger partial charge in [-0.25, -0.2) is 4.98 Å². The van der Waals surface area contributed by atoms with Gasteiger partial charge >= 0.3 is 0 Å². The first-order valence-electron chi connectivity index (χ1n) is 9.87. The lowest BCUT2D eigenvalue weighted by Gasteiger charge is -2.32. The van der Waals surface area contributed by atoms with Crippen molar-refractivity contribution in [1.82, 2.24) is 19.8 Å². The predicted octanol–water partition coefficient (Wildman–Crippen LogP) is 2.91. The number of aromatic nitrogens is 2. The van der Waals surface area contributed by atoms with Gasteiger partial charge in [-0.3, -0.25) is 9.69 Å². The first kappa shape index (κ1) is 18.5. The fourth-order valence-electron chi connectivity index (χ4n) is 3.86. The highest BCUT2D eigenvalue weighted by Gasteiger charge is 2.20. The molecule has 2 heterocycles. The highest BCUT2D eigenvalue weighted by atomic mass is 16.3. The summed E-state index contributed by atoms with van der Waals surface area (Å²) in [6.07, 6.45) is 4.18. The molecule has 0 bridgehead atoms. The van der Waals surface area contributed by atoms with Gasteiger partial charge in [-0.1, -0.05) is 24.3 Å². The number of imidazole rings is 1. The number of benzene rings is 2. The highest BCUT2D eigenvalue weighted by molar-refractivity contribution is 5.77. The number of aromatic hydroxyl groups is 1. The zero-order chi connectivity index (χ0) is 19.3. The minimum Gasteiger partial charge on any atom is -0.508 e. The number of fused-ring (bicyclic) bond motifs is 1. The molecule has 4 rings (SSSR count). The maximum absolute atomic E-state index is 12.4. The lowest BCUT2D eigenvalue weighted by atomic mass is 10.0. The van der Waals surface area contributed by atoms with Crippen molar-refractivity contribution in [2.24, 2.45) is 0 Å². The van der Waals surface area contributed by atoms with Gasteiger partial charge in [0, 0.05) is 38.6 Å². The Hall–Kier alpha value is -2.86. The van der Waals surface area contributed by atoms with E-state index in [1.807, 2.05) is 47.0 Å². The second kappa shape index (κ2) is 8.44. The van der Waals surface area contributed by atoms with Crippen molar-refractivity contribution in [2.75, 3.05) is 13.1 Å². The van der Waals surface area contributed by atoms with Crippen LogP contribution < -0.4 is 5.32 Å². The van der Waals surface area contributed by atoms with E-state index in [0.717, 1.165) is 49.1 Å². The van der Waals surface area contributed by atoms with E-state index < -0.39 is 0 Å². The van der Waals surface area contributed by atoms with Crippen LogP contribution in [0.2, 0.25) is 0 Å². The number of phenols is 1. The Morgan fingerprint density at radius 3 is 2.79 bits per heavy atom. The Bertz CT molecular complexity index is 944. The smallest absolute Gasteiger partial charge is 0.222 e. The van der Waals surface area contributed by atoms with Crippen molar-refractivity contribution in [3.63, 3.8) is 0 Å². The van der Waals surface area contributed by atoms with E-state index >= 15 is 0 Å². The van der Waals surface area contributed by atoms with Gasteiger partial charge in [-0.05, 0) is 42.7 Å². The zero-order valence-corrected chi connectivity index (χ0v) is 15.9. The van der Waals surface area contributed by atoms with Gasteiger partial charge in [-0.15, -0.1) is 0 Å². The second-order valence-electron chi connectivity index (χ2n) is 7.46. The maximum atomic E-state index is 12.4. The molecule has 1 aliphatic rings. The van der Waals surface area contributed by atoms with Crippen molar-refractivity contribution < 1.29 is 9.90 Å². The number of amides is 1. The van der Waals surface area contributed by atoms with Crippen LogP contribution in [0.5, 0.6) is 5.75 Å². The third-order valence-corrected chi connectivity index (χ3v) is 5.38. The molecule has 0 unspecified atom stereocenters. The number of nitrogens with zero attached hydrogens (tertiary/aromatic N) is 3. The number of hydrogen-bond acceptors (Lipinski definition) is 4. The first-order chi connectivity index (χ1) is 13.7. The molecule has 146 valence electrons. The lowest BCUT2D eigenvalue weighted by molar-refractivity contribution is -0.122. The summed E-state index contributed by atoms with van der Waals surface area (Å²) in [6, 6.07) is 15.6. The molecule has 0 radical (unpaired) electrons. The van der Waals surface area contributed by atoms with Crippen molar-refractivity contribution in [3.05, 3.63) is 60.4 Å². The van der Waals surface area contributed by atoms with Crippen LogP contribution in [0.25, 0.3) is 11.0 Å². The minimum atomic E-state index is 0.101. The number of nitrogens with one attached hydrogen (secondary N) is 1. The summed E-state index contributed by atoms with van der Waals surface area (Å²) >= 11 is 0. The van der Waals surface area contributed by atoms with Crippen LogP contribution in [-0.2, 0) is 17.9 Å². The molecule has 0 spiro atoms. The highest BCUT2D eigenvalue weighted by Crippen LogP contribution is 2.17. The Kier molecular flexibility index (Phi) is 5.58. The topological polar surface area (TPSA) is 70.4 Å². The van der Waals surface area contributed by atoms with Crippen molar-refractivity contribution in [1.29, 1.82) is 0 Å². The molecular formula is C22H26N4O2. The molecule has 28 heavy (non-hydrogen) atoms. The number of likely N-dealkylation sites (tertiary alicyclic amines) is 1. The van der Waals surface area contributed by atoms with E-state index in [0.29, 0.717) is 18.7 Å². The van der Waals surface area contributed by atoms with Crippen LogP contribution >= 0.6 is 0 Å². The second-order valence-corrected chi connectivity index (χ2v) is 7.46. The molecule has 1 saturated heterocycles. The van der Waals surface area contributed by atoms with E-state index in [1.165, 1.54) is 0 Å². The number of carbonyl (C=O) groups excluding carboxylic acids is 1. The first-order valence-corrected chi connectivity index (χ1v) is 9.87. The van der Waals surface area contributed by atoms with Gasteiger partial charge in [0.05, 0.1) is 17.4 Å². The molecule has 1 fully saturated rings. The summed E-state index contributed by atoms with van der Waals surface area (Å²) < 4.78 is 2.03. The van der Waals surface area contributed by atoms with Gasteiger partial charge in [0.15, 0.2) is 0 Å². The van der Waals surface area contributed by atoms with E-state index in [-0.39, 0.29) is 11.9 Å². The summed E-state index contributed by atoms with van der Waals surface area (Å²) in [5.41, 5.74) is 3.15. The Labute approximate surface area is 164 Å². The Morgan fingerprint density at radius 2 is 1.96 bits per heavy atom. The van der Waals surface area contributed by atoms with Gasteiger partial charge in [0.1, 0.15) is 5.75 Å². The van der Waals surface area contributed by atoms with E-state index in [1.54, 1.807) is 12.4 Å². The summed E-state index contributed by atoms with van der Waals surface area (Å²) in [4.78, 5) is 19.1. The van der Waals surface area contributed by atoms with Gasteiger partial charge in [0.2, 0.25) is 5.91 Å². The third-order valence-electron chi connectivity index (χ3n) is 5.38. The van der Waals surface area contributed by atoms with Crippen LogP contribution in [0.1, 0.15) is 24.8 Å². The Balaban J connectivity index is 1.22. The van der Waals surface area contributed by atoms with E-state index in [2.05, 4.69) is 15.2 Å². The minimum absolute atomic E-state index is 0.101. The van der Waals surface area contributed by atoms with Gasteiger partial charge < -0.3 is 15.0 Å². The molecule has 0 saturated carbocycles. The van der Waals surface area contributed by atoms with Crippen LogP contribution in [0.4, 0.5) is 0 Å². The number of phenolic OH excluding ortho intramolecular Hbond substituents is 1. The molecule has 1 aromatic heterocycles. The molecular weight excluding hydrogens is 352 g/mol. The number of rotatable bonds is 6. The molecule has 1 aliphatic heterocycles. The zero-order valence-electron chi connectivity index (χ0n) is 15.9. The maximum Gasteiger partial charge on any atom is 0.222 e. The monoisotopic (exact) mass is 378 g/mol. The third kappa shape index (κ3) is 4.51. The van der Waals surface area contributed by atoms with Gasteiger partial charge in [0.25, 0.3) is 0 Å². The number of carbonyl (C=O) groups is 1. The normalized spacial score (nSPS) is 15.7. The fourth-order valence-corrected chi connectivity index (χ4v) is 3.86. The summed E-state index contributed by atoms with van der Waals surface area (Å²) in [5.74, 6) is 0.412. The van der Waals surface area contributed by atoms with E-state index in [9.17, 15) is 9.90 Å². The fraction of sp³-hybridized carbons (Fsp3) is 0.364. The molecule has 2 N–H and O–H groups in total. The van der Waals surface area contributed by atoms with E-state index in [4.69, 9.17) is 0 Å². The van der Waals surface area contributed by atoms with Crippen LogP contribution in [0.15, 0.2) is 54.9 Å². The molecule has 6 heteroatoms. The summed E-state index contributed by atoms with van der Waals surface area (Å²) in [5, 5.41) is 12.8. The Morgan fingerprint density at radius 1 is 1.14 bits per heavy atom. The molecule has 1 amide bonds. The number of hydrogen-bond donors (Lipinski definition) is 2. The summed E-state index contributed by atoms with van der Waals surface area (Å²) in [7, 11) is 0. The van der Waals surface area contributed by atoms with Crippen LogP contribution in [0, 0.1) is 0 Å². The number of aryl methyl sites for hydroxylation is 1. The van der Waals surface area contributed by atoms with Crippen LogP contribution in [0.3, 0.4) is 0 Å². The molecule has 3 aromatic rings. The molecule has 2 aromatic carbocycles. The lowest BCUT2D eigenvalue weighted by Crippen LogP contribution is -2.44. The SMILES string of the molecule is O=C(CCn1cnc2ccccc21)NC1CCN(Cc2cccc(O)c2)CC1. The standard InChI is InChI=1S/C22H26N4O2/c27-19-5-3-4-17(14-19)15-25-11-8-18(9-12-25)24-22(28)10-13-26-16-23-20-6-1-2-7-21(20)26/h1-7,14,16,18,27H,8-13,15H2,(H,24,28).